The molecule has 3 rings (SSSR count). The average Bonchev–Trinajstić information content (AvgIpc) is 2.75. The van der Waals surface area contributed by atoms with Gasteiger partial charge in [0, 0.05) is 29.4 Å². The third-order valence-electron chi connectivity index (χ3n) is 3.26. The summed E-state index contributed by atoms with van der Waals surface area (Å²) in [7, 11) is 0. The van der Waals surface area contributed by atoms with Crippen LogP contribution in [-0.4, -0.2) is 4.98 Å². The van der Waals surface area contributed by atoms with Gasteiger partial charge in [0.05, 0.1) is 6.04 Å². The number of aromatic nitrogens is 1. The minimum atomic E-state index is -0.399. The van der Waals surface area contributed by atoms with Gasteiger partial charge in [-0.2, -0.15) is 0 Å². The fourth-order valence-electron chi connectivity index (χ4n) is 2.23. The van der Waals surface area contributed by atoms with E-state index in [1.165, 1.54) is 12.1 Å². The van der Waals surface area contributed by atoms with Crippen molar-refractivity contribution in [2.75, 3.05) is 0 Å². The van der Waals surface area contributed by atoms with Crippen LogP contribution in [0.5, 0.6) is 0 Å². The van der Waals surface area contributed by atoms with Crippen LogP contribution in [0.15, 0.2) is 47.1 Å². The molecule has 2 N–H and O–H groups in total. The fourth-order valence-corrected chi connectivity index (χ4v) is 2.23. The molecule has 0 bridgehead atoms. The highest BCUT2D eigenvalue weighted by Crippen LogP contribution is 2.31. The molecule has 2 heterocycles. The van der Waals surface area contributed by atoms with E-state index in [2.05, 4.69) is 4.98 Å². The SMILES string of the molecule is Cc1c(C(N)c2cccnc2)oc2cc(F)ccc12. The number of nitrogens with zero attached hydrogens (tertiary/aromatic N) is 1. The quantitative estimate of drug-likeness (QED) is 0.765. The van der Waals surface area contributed by atoms with Crippen LogP contribution in [0.3, 0.4) is 0 Å². The summed E-state index contributed by atoms with van der Waals surface area (Å²) < 4.78 is 18.9. The number of furan rings is 1. The highest BCUT2D eigenvalue weighted by molar-refractivity contribution is 5.82. The number of hydrogen-bond acceptors (Lipinski definition) is 3. The van der Waals surface area contributed by atoms with Gasteiger partial charge in [0.25, 0.3) is 0 Å². The van der Waals surface area contributed by atoms with E-state index in [-0.39, 0.29) is 5.82 Å². The number of nitrogens with two attached hydrogens (primary N) is 1. The van der Waals surface area contributed by atoms with Crippen LogP contribution in [0.2, 0.25) is 0 Å². The summed E-state index contributed by atoms with van der Waals surface area (Å²) in [6.45, 7) is 1.93. The molecular weight excluding hydrogens is 243 g/mol. The summed E-state index contributed by atoms with van der Waals surface area (Å²) in [6, 6.07) is 7.83. The summed E-state index contributed by atoms with van der Waals surface area (Å²) in [6.07, 6.45) is 3.40. The van der Waals surface area contributed by atoms with Gasteiger partial charge in [-0.25, -0.2) is 4.39 Å². The van der Waals surface area contributed by atoms with Gasteiger partial charge in [-0.3, -0.25) is 4.98 Å². The van der Waals surface area contributed by atoms with Crippen molar-refractivity contribution in [1.82, 2.24) is 4.98 Å². The number of benzene rings is 1. The highest BCUT2D eigenvalue weighted by Gasteiger charge is 2.18. The largest absolute Gasteiger partial charge is 0.459 e. The first-order valence-electron chi connectivity index (χ1n) is 6.01. The third kappa shape index (κ3) is 2.00. The topological polar surface area (TPSA) is 52.0 Å². The molecule has 0 aliphatic rings. The summed E-state index contributed by atoms with van der Waals surface area (Å²) in [5.41, 5.74) is 8.51. The Bertz CT molecular complexity index is 722. The molecule has 1 aromatic carbocycles. The Morgan fingerprint density at radius 2 is 2.16 bits per heavy atom. The van der Waals surface area contributed by atoms with E-state index in [9.17, 15) is 4.39 Å². The second-order valence-corrected chi connectivity index (χ2v) is 4.50. The Labute approximate surface area is 109 Å². The molecule has 0 saturated carbocycles. The van der Waals surface area contributed by atoms with Gasteiger partial charge in [0.15, 0.2) is 0 Å². The second-order valence-electron chi connectivity index (χ2n) is 4.50. The second kappa shape index (κ2) is 4.48. The molecular formula is C15H13FN2O. The van der Waals surface area contributed by atoms with Crippen LogP contribution in [-0.2, 0) is 0 Å². The first-order chi connectivity index (χ1) is 9.16. The van der Waals surface area contributed by atoms with E-state index < -0.39 is 6.04 Å². The normalized spacial score (nSPS) is 12.8. The fraction of sp³-hybridized carbons (Fsp3) is 0.133. The van der Waals surface area contributed by atoms with E-state index in [0.29, 0.717) is 11.3 Å². The Morgan fingerprint density at radius 3 is 2.89 bits per heavy atom. The third-order valence-corrected chi connectivity index (χ3v) is 3.26. The van der Waals surface area contributed by atoms with Gasteiger partial charge in [-0.1, -0.05) is 6.07 Å². The standard InChI is InChI=1S/C15H13FN2O/c1-9-12-5-4-11(16)7-13(12)19-15(9)14(17)10-3-2-6-18-8-10/h2-8,14H,17H2,1H3. The minimum absolute atomic E-state index is 0.317. The number of halogens is 1. The molecule has 19 heavy (non-hydrogen) atoms. The van der Waals surface area contributed by atoms with E-state index in [4.69, 9.17) is 10.2 Å². The highest BCUT2D eigenvalue weighted by atomic mass is 19.1. The van der Waals surface area contributed by atoms with Gasteiger partial charge < -0.3 is 10.2 Å². The molecule has 4 heteroatoms. The number of pyridine rings is 1. The Balaban J connectivity index is 2.13. The van der Waals surface area contributed by atoms with Crippen LogP contribution >= 0.6 is 0 Å². The Hall–Kier alpha value is -2.20. The van der Waals surface area contributed by atoms with Gasteiger partial charge in [-0.15, -0.1) is 0 Å². The maximum absolute atomic E-state index is 13.2. The molecule has 3 nitrogen and oxygen atoms in total. The number of aryl methyl sites for hydroxylation is 1. The van der Waals surface area contributed by atoms with Crippen LogP contribution in [0.1, 0.15) is 22.9 Å². The molecule has 0 fully saturated rings. The van der Waals surface area contributed by atoms with Crippen molar-refractivity contribution in [2.24, 2.45) is 5.73 Å². The Kier molecular flexibility index (Phi) is 2.80. The predicted molar refractivity (Wildman–Crippen MR) is 71.2 cm³/mol. The molecule has 0 radical (unpaired) electrons. The molecule has 2 aromatic heterocycles. The van der Waals surface area contributed by atoms with Crippen LogP contribution in [0.4, 0.5) is 4.39 Å². The summed E-state index contributed by atoms with van der Waals surface area (Å²) in [5.74, 6) is 0.330. The number of fused-ring (bicyclic) bond motifs is 1. The lowest BCUT2D eigenvalue weighted by molar-refractivity contribution is 0.518. The monoisotopic (exact) mass is 256 g/mol. The van der Waals surface area contributed by atoms with Crippen molar-refractivity contribution in [3.05, 3.63) is 65.4 Å². The van der Waals surface area contributed by atoms with E-state index in [0.717, 1.165) is 16.5 Å². The lowest BCUT2D eigenvalue weighted by atomic mass is 10.0. The lowest BCUT2D eigenvalue weighted by Crippen LogP contribution is -2.12. The van der Waals surface area contributed by atoms with Gasteiger partial charge in [-0.05, 0) is 30.7 Å². The summed E-state index contributed by atoms with van der Waals surface area (Å²) >= 11 is 0. The molecule has 3 aromatic rings. The van der Waals surface area contributed by atoms with Crippen LogP contribution in [0.25, 0.3) is 11.0 Å². The predicted octanol–water partition coefficient (Wildman–Crippen LogP) is 3.32. The van der Waals surface area contributed by atoms with Crippen molar-refractivity contribution in [3.8, 4) is 0 Å². The van der Waals surface area contributed by atoms with E-state index >= 15 is 0 Å². The molecule has 0 aliphatic carbocycles. The smallest absolute Gasteiger partial charge is 0.137 e. The zero-order chi connectivity index (χ0) is 13.4. The zero-order valence-corrected chi connectivity index (χ0v) is 10.4. The van der Waals surface area contributed by atoms with Gasteiger partial charge in [0.2, 0.25) is 0 Å². The minimum Gasteiger partial charge on any atom is -0.459 e. The van der Waals surface area contributed by atoms with Gasteiger partial charge >= 0.3 is 0 Å². The molecule has 1 unspecified atom stereocenters. The maximum atomic E-state index is 13.2. The molecule has 0 spiro atoms. The molecule has 0 saturated heterocycles. The lowest BCUT2D eigenvalue weighted by Gasteiger charge is -2.09. The molecule has 0 amide bonds. The van der Waals surface area contributed by atoms with Crippen molar-refractivity contribution < 1.29 is 8.81 Å². The van der Waals surface area contributed by atoms with E-state index in [1.54, 1.807) is 18.5 Å². The molecule has 0 aliphatic heterocycles. The first kappa shape index (κ1) is 11.9. The first-order valence-corrected chi connectivity index (χ1v) is 6.01. The zero-order valence-electron chi connectivity index (χ0n) is 10.4. The molecule has 1 atom stereocenters. The summed E-state index contributed by atoms with van der Waals surface area (Å²) in [4.78, 5) is 4.05. The number of rotatable bonds is 2. The Morgan fingerprint density at radius 1 is 1.32 bits per heavy atom. The maximum Gasteiger partial charge on any atom is 0.137 e. The van der Waals surface area contributed by atoms with Crippen molar-refractivity contribution in [1.29, 1.82) is 0 Å². The van der Waals surface area contributed by atoms with Gasteiger partial charge in [0.1, 0.15) is 17.2 Å². The van der Waals surface area contributed by atoms with E-state index in [1.807, 2.05) is 19.1 Å². The van der Waals surface area contributed by atoms with Crippen LogP contribution in [0, 0.1) is 12.7 Å². The summed E-state index contributed by atoms with van der Waals surface area (Å²) in [5, 5.41) is 0.885. The van der Waals surface area contributed by atoms with Crippen molar-refractivity contribution in [3.63, 3.8) is 0 Å². The van der Waals surface area contributed by atoms with Crippen molar-refractivity contribution in [2.45, 2.75) is 13.0 Å². The average molecular weight is 256 g/mol. The molecule has 96 valence electrons. The van der Waals surface area contributed by atoms with Crippen LogP contribution < -0.4 is 5.73 Å². The van der Waals surface area contributed by atoms with Crippen molar-refractivity contribution >= 4 is 11.0 Å². The number of hydrogen-bond donors (Lipinski definition) is 1.